The van der Waals surface area contributed by atoms with E-state index in [1.54, 1.807) is 33.0 Å². The maximum absolute atomic E-state index is 10.5. The lowest BCUT2D eigenvalue weighted by molar-refractivity contribution is -0.404. The van der Waals surface area contributed by atoms with Crippen LogP contribution in [-0.2, 0) is 0 Å². The SMILES string of the molecule is CNC(=C[N+](=O)[O-])C(C)(C)Oc1ccc(Cl)nc1. The van der Waals surface area contributed by atoms with Gasteiger partial charge in [0.15, 0.2) is 0 Å². The number of nitrogens with one attached hydrogen (secondary N) is 1. The van der Waals surface area contributed by atoms with Gasteiger partial charge in [-0.25, -0.2) is 4.98 Å². The lowest BCUT2D eigenvalue weighted by Gasteiger charge is -2.27. The maximum atomic E-state index is 10.5. The van der Waals surface area contributed by atoms with Gasteiger partial charge < -0.3 is 10.1 Å². The Morgan fingerprint density at radius 2 is 2.28 bits per heavy atom. The van der Waals surface area contributed by atoms with Crippen LogP contribution in [0.15, 0.2) is 30.2 Å². The third-order valence-electron chi connectivity index (χ3n) is 2.23. The molecule has 0 saturated heterocycles. The number of halogens is 1. The number of ether oxygens (including phenoxy) is 1. The lowest BCUT2D eigenvalue weighted by atomic mass is 10.1. The van der Waals surface area contributed by atoms with Gasteiger partial charge in [0.05, 0.1) is 11.1 Å². The van der Waals surface area contributed by atoms with Gasteiger partial charge in [0.2, 0.25) is 0 Å². The maximum Gasteiger partial charge on any atom is 0.257 e. The van der Waals surface area contributed by atoms with Crippen molar-refractivity contribution in [2.24, 2.45) is 0 Å². The molecule has 1 aromatic heterocycles. The highest BCUT2D eigenvalue weighted by Gasteiger charge is 2.27. The summed E-state index contributed by atoms with van der Waals surface area (Å²) in [5.74, 6) is 0.480. The Hall–Kier alpha value is -1.82. The lowest BCUT2D eigenvalue weighted by Crippen LogP contribution is -2.37. The molecule has 0 spiro atoms. The second-order valence-electron chi connectivity index (χ2n) is 4.01. The Bertz CT molecular complexity index is 457. The van der Waals surface area contributed by atoms with Crippen LogP contribution in [0.25, 0.3) is 0 Å². The van der Waals surface area contributed by atoms with E-state index in [4.69, 9.17) is 16.3 Å². The fourth-order valence-corrected chi connectivity index (χ4v) is 1.51. The summed E-state index contributed by atoms with van der Waals surface area (Å²) in [6.45, 7) is 3.43. The molecule has 0 aliphatic heterocycles. The minimum absolute atomic E-state index is 0.349. The molecule has 98 valence electrons. The Balaban J connectivity index is 2.92. The molecule has 0 fully saturated rings. The second kappa shape index (κ2) is 5.68. The van der Waals surface area contributed by atoms with Gasteiger partial charge in [0, 0.05) is 7.05 Å². The van der Waals surface area contributed by atoms with E-state index in [1.165, 1.54) is 6.20 Å². The monoisotopic (exact) mass is 271 g/mol. The fourth-order valence-electron chi connectivity index (χ4n) is 1.40. The molecule has 0 aliphatic rings. The van der Waals surface area contributed by atoms with Gasteiger partial charge in [-0.3, -0.25) is 10.1 Å². The van der Waals surface area contributed by atoms with E-state index < -0.39 is 10.5 Å². The molecule has 1 aromatic rings. The van der Waals surface area contributed by atoms with Gasteiger partial charge >= 0.3 is 0 Å². The average Bonchev–Trinajstić information content (AvgIpc) is 2.28. The molecule has 0 unspecified atom stereocenters. The highest BCUT2D eigenvalue weighted by atomic mass is 35.5. The van der Waals surface area contributed by atoms with Crippen LogP contribution in [0, 0.1) is 10.1 Å². The Morgan fingerprint density at radius 3 is 2.72 bits per heavy atom. The summed E-state index contributed by atoms with van der Waals surface area (Å²) >= 11 is 5.66. The number of rotatable bonds is 5. The molecule has 6 nitrogen and oxygen atoms in total. The van der Waals surface area contributed by atoms with Crippen molar-refractivity contribution in [3.63, 3.8) is 0 Å². The minimum atomic E-state index is -0.878. The van der Waals surface area contributed by atoms with E-state index in [2.05, 4.69) is 10.3 Å². The van der Waals surface area contributed by atoms with E-state index in [1.807, 2.05) is 0 Å². The molecule has 0 saturated carbocycles. The van der Waals surface area contributed by atoms with Crippen LogP contribution in [0.2, 0.25) is 5.15 Å². The summed E-state index contributed by atoms with van der Waals surface area (Å²) in [6.07, 6.45) is 2.34. The average molecular weight is 272 g/mol. The number of aromatic nitrogens is 1. The summed E-state index contributed by atoms with van der Waals surface area (Å²) in [5.41, 5.74) is -0.528. The molecule has 1 heterocycles. The third-order valence-corrected chi connectivity index (χ3v) is 2.45. The van der Waals surface area contributed by atoms with Gasteiger partial charge in [-0.05, 0) is 26.0 Å². The number of hydrogen-bond acceptors (Lipinski definition) is 5. The van der Waals surface area contributed by atoms with E-state index in [9.17, 15) is 10.1 Å². The van der Waals surface area contributed by atoms with Gasteiger partial charge in [-0.2, -0.15) is 0 Å². The molecule has 0 atom stereocenters. The van der Waals surface area contributed by atoms with Gasteiger partial charge in [0.1, 0.15) is 22.2 Å². The van der Waals surface area contributed by atoms with Crippen LogP contribution < -0.4 is 10.1 Å². The molecular formula is C11H14ClN3O3. The van der Waals surface area contributed by atoms with Crippen molar-refractivity contribution in [1.82, 2.24) is 10.3 Å². The highest BCUT2D eigenvalue weighted by molar-refractivity contribution is 6.29. The molecule has 7 heteroatoms. The smallest absolute Gasteiger partial charge is 0.257 e. The Labute approximate surface area is 110 Å². The highest BCUT2D eigenvalue weighted by Crippen LogP contribution is 2.23. The minimum Gasteiger partial charge on any atom is -0.480 e. The van der Waals surface area contributed by atoms with Crippen molar-refractivity contribution in [2.45, 2.75) is 19.4 Å². The molecule has 1 N–H and O–H groups in total. The largest absolute Gasteiger partial charge is 0.480 e. The Morgan fingerprint density at radius 1 is 1.61 bits per heavy atom. The Kier molecular flexibility index (Phi) is 4.49. The topological polar surface area (TPSA) is 77.3 Å². The van der Waals surface area contributed by atoms with Crippen molar-refractivity contribution in [3.8, 4) is 5.75 Å². The normalized spacial score (nSPS) is 12.1. The van der Waals surface area contributed by atoms with Crippen molar-refractivity contribution in [1.29, 1.82) is 0 Å². The van der Waals surface area contributed by atoms with Crippen LogP contribution in [0.3, 0.4) is 0 Å². The summed E-state index contributed by atoms with van der Waals surface area (Å²) in [5, 5.41) is 13.6. The zero-order valence-corrected chi connectivity index (χ0v) is 11.1. The van der Waals surface area contributed by atoms with Crippen LogP contribution in [0.5, 0.6) is 5.75 Å². The van der Waals surface area contributed by atoms with Gasteiger partial charge in [0.25, 0.3) is 6.20 Å². The molecule has 0 radical (unpaired) electrons. The number of pyridine rings is 1. The first kappa shape index (κ1) is 14.2. The molecule has 0 aliphatic carbocycles. The van der Waals surface area contributed by atoms with E-state index in [0.717, 1.165) is 6.20 Å². The summed E-state index contributed by atoms with van der Waals surface area (Å²) in [6, 6.07) is 3.24. The third kappa shape index (κ3) is 3.89. The molecular weight excluding hydrogens is 258 g/mol. The van der Waals surface area contributed by atoms with Crippen molar-refractivity contribution >= 4 is 11.6 Å². The molecule has 0 aromatic carbocycles. The second-order valence-corrected chi connectivity index (χ2v) is 4.39. The molecule has 18 heavy (non-hydrogen) atoms. The van der Waals surface area contributed by atoms with Crippen LogP contribution in [-0.4, -0.2) is 22.6 Å². The molecule has 0 bridgehead atoms. The fraction of sp³-hybridized carbons (Fsp3) is 0.364. The van der Waals surface area contributed by atoms with E-state index >= 15 is 0 Å². The standard InChI is InChI=1S/C11H14ClN3O3/c1-11(2,9(13-3)7-15(16)17)18-8-4-5-10(12)14-6-8/h4-7,13H,1-3H3. The first-order valence-corrected chi connectivity index (χ1v) is 5.57. The predicted octanol–water partition coefficient (Wildman–Crippen LogP) is 2.23. The van der Waals surface area contributed by atoms with Crippen LogP contribution in [0.4, 0.5) is 0 Å². The predicted molar refractivity (Wildman–Crippen MR) is 68.1 cm³/mol. The van der Waals surface area contributed by atoms with E-state index in [-0.39, 0.29) is 0 Å². The molecule has 1 rings (SSSR count). The van der Waals surface area contributed by atoms with Crippen molar-refractivity contribution in [2.75, 3.05) is 7.05 Å². The zero-order valence-electron chi connectivity index (χ0n) is 10.3. The number of likely N-dealkylation sites (N-methyl/N-ethyl adjacent to an activating group) is 1. The number of hydrogen-bond donors (Lipinski definition) is 1. The zero-order chi connectivity index (χ0) is 13.8. The van der Waals surface area contributed by atoms with Gasteiger partial charge in [-0.15, -0.1) is 0 Å². The number of nitro groups is 1. The van der Waals surface area contributed by atoms with E-state index in [0.29, 0.717) is 16.6 Å². The number of nitrogens with zero attached hydrogens (tertiary/aromatic N) is 2. The molecule has 0 amide bonds. The van der Waals surface area contributed by atoms with Crippen LogP contribution in [0.1, 0.15) is 13.8 Å². The van der Waals surface area contributed by atoms with Crippen molar-refractivity contribution < 1.29 is 9.66 Å². The van der Waals surface area contributed by atoms with Gasteiger partial charge in [-0.1, -0.05) is 11.6 Å². The summed E-state index contributed by atoms with van der Waals surface area (Å²) < 4.78 is 5.65. The summed E-state index contributed by atoms with van der Waals surface area (Å²) in [7, 11) is 1.60. The van der Waals surface area contributed by atoms with Crippen molar-refractivity contribution in [3.05, 3.63) is 45.5 Å². The first-order valence-electron chi connectivity index (χ1n) is 5.19. The quantitative estimate of drug-likeness (QED) is 0.505. The summed E-state index contributed by atoms with van der Waals surface area (Å²) in [4.78, 5) is 13.9. The first-order chi connectivity index (χ1) is 8.35. The van der Waals surface area contributed by atoms with Crippen LogP contribution >= 0.6 is 11.6 Å².